The maximum absolute atomic E-state index is 11.8. The Labute approximate surface area is 147 Å². The highest BCUT2D eigenvalue weighted by atomic mass is 16.3. The van der Waals surface area contributed by atoms with Gasteiger partial charge in [0.15, 0.2) is 5.65 Å². The number of nitrogen functional groups attached to an aromatic ring is 1. The zero-order valence-corrected chi connectivity index (χ0v) is 14.0. The molecule has 0 unspecified atom stereocenters. The second kappa shape index (κ2) is 6.12. The summed E-state index contributed by atoms with van der Waals surface area (Å²) in [5.74, 6) is 0.143. The van der Waals surface area contributed by atoms with Crippen LogP contribution in [0.2, 0.25) is 0 Å². The van der Waals surface area contributed by atoms with E-state index in [0.717, 1.165) is 16.5 Å². The van der Waals surface area contributed by atoms with Crippen molar-refractivity contribution in [2.45, 2.75) is 6.54 Å². The number of carbonyl (C=O) groups excluding carboxylic acids is 1. The van der Waals surface area contributed by atoms with Crippen LogP contribution >= 0.6 is 0 Å². The van der Waals surface area contributed by atoms with Crippen molar-refractivity contribution in [1.29, 1.82) is 0 Å². The molecule has 9 heteroatoms. The Morgan fingerprint density at radius 2 is 2.19 bits per heavy atom. The van der Waals surface area contributed by atoms with Crippen LogP contribution in [0.5, 0.6) is 0 Å². The number of fused-ring (bicyclic) bond motifs is 2. The van der Waals surface area contributed by atoms with E-state index in [0.29, 0.717) is 34.8 Å². The number of aromatic nitrogens is 5. The lowest BCUT2D eigenvalue weighted by Crippen LogP contribution is -2.17. The standard InChI is InChI=1S/C17H17N7O2/c1-19-17(26)12-6-9-2-3-10(7-11(9)22-12)14-13-15(18)20-8-21-16(13)24(23-14)4-5-25/h2-3,6-8,22,25H,4-5H2,1H3,(H,19,26)(H2,18,20,21). The smallest absolute Gasteiger partial charge is 0.267 e. The second-order valence-corrected chi connectivity index (χ2v) is 5.82. The second-order valence-electron chi connectivity index (χ2n) is 5.82. The average Bonchev–Trinajstić information content (AvgIpc) is 3.23. The lowest BCUT2D eigenvalue weighted by atomic mass is 10.1. The Morgan fingerprint density at radius 3 is 2.96 bits per heavy atom. The molecule has 3 aromatic heterocycles. The first-order chi connectivity index (χ1) is 12.6. The van der Waals surface area contributed by atoms with Crippen LogP contribution in [-0.2, 0) is 6.54 Å². The lowest BCUT2D eigenvalue weighted by molar-refractivity contribution is 0.0959. The highest BCUT2D eigenvalue weighted by Gasteiger charge is 2.17. The SMILES string of the molecule is CNC(=O)c1cc2ccc(-c3nn(CCO)c4ncnc(N)c34)cc2[nH]1. The number of carbonyl (C=O) groups is 1. The molecule has 0 aliphatic rings. The Kier molecular flexibility index (Phi) is 3.77. The molecule has 3 heterocycles. The molecule has 0 radical (unpaired) electrons. The van der Waals surface area contributed by atoms with Crippen molar-refractivity contribution in [3.8, 4) is 11.3 Å². The Bertz CT molecular complexity index is 1130. The van der Waals surface area contributed by atoms with Crippen molar-refractivity contribution in [3.63, 3.8) is 0 Å². The molecule has 4 rings (SSSR count). The van der Waals surface area contributed by atoms with E-state index in [1.807, 2.05) is 18.2 Å². The minimum atomic E-state index is -0.182. The minimum Gasteiger partial charge on any atom is -0.394 e. The first-order valence-corrected chi connectivity index (χ1v) is 8.05. The van der Waals surface area contributed by atoms with Crippen LogP contribution in [0.4, 0.5) is 5.82 Å². The first-order valence-electron chi connectivity index (χ1n) is 8.05. The monoisotopic (exact) mass is 351 g/mol. The Balaban J connectivity index is 1.90. The summed E-state index contributed by atoms with van der Waals surface area (Å²) in [5.41, 5.74) is 9.35. The number of anilines is 1. The van der Waals surface area contributed by atoms with Crippen molar-refractivity contribution in [1.82, 2.24) is 30.0 Å². The molecule has 5 N–H and O–H groups in total. The fraction of sp³-hybridized carbons (Fsp3) is 0.176. The molecule has 9 nitrogen and oxygen atoms in total. The number of amides is 1. The van der Waals surface area contributed by atoms with Gasteiger partial charge in [0.1, 0.15) is 23.5 Å². The Morgan fingerprint density at radius 1 is 1.35 bits per heavy atom. The lowest BCUT2D eigenvalue weighted by Gasteiger charge is -2.00. The molecule has 0 aliphatic carbocycles. The van der Waals surface area contributed by atoms with Crippen LogP contribution in [0.1, 0.15) is 10.5 Å². The summed E-state index contributed by atoms with van der Waals surface area (Å²) in [6.45, 7) is 0.240. The van der Waals surface area contributed by atoms with Crippen molar-refractivity contribution >= 4 is 33.7 Å². The predicted octanol–water partition coefficient (Wildman–Crippen LogP) is 0.909. The van der Waals surface area contributed by atoms with Crippen molar-refractivity contribution in [3.05, 3.63) is 36.3 Å². The molecule has 0 aliphatic heterocycles. The number of aliphatic hydroxyl groups excluding tert-OH is 1. The summed E-state index contributed by atoms with van der Waals surface area (Å²) >= 11 is 0. The van der Waals surface area contributed by atoms with Gasteiger partial charge >= 0.3 is 0 Å². The van der Waals surface area contributed by atoms with E-state index in [9.17, 15) is 9.90 Å². The van der Waals surface area contributed by atoms with Crippen LogP contribution in [0.15, 0.2) is 30.6 Å². The van der Waals surface area contributed by atoms with Crippen LogP contribution < -0.4 is 11.1 Å². The highest BCUT2D eigenvalue weighted by molar-refractivity contribution is 6.01. The highest BCUT2D eigenvalue weighted by Crippen LogP contribution is 2.31. The fourth-order valence-corrected chi connectivity index (χ4v) is 3.01. The van der Waals surface area contributed by atoms with E-state index in [1.165, 1.54) is 6.33 Å². The van der Waals surface area contributed by atoms with E-state index in [-0.39, 0.29) is 12.5 Å². The van der Waals surface area contributed by atoms with Gasteiger partial charge in [-0.25, -0.2) is 14.6 Å². The number of nitrogens with zero attached hydrogens (tertiary/aromatic N) is 4. The summed E-state index contributed by atoms with van der Waals surface area (Å²) in [6.07, 6.45) is 1.38. The van der Waals surface area contributed by atoms with E-state index >= 15 is 0 Å². The zero-order valence-electron chi connectivity index (χ0n) is 14.0. The maximum atomic E-state index is 11.8. The number of aromatic amines is 1. The van der Waals surface area contributed by atoms with Crippen LogP contribution in [-0.4, -0.2) is 49.4 Å². The van der Waals surface area contributed by atoms with E-state index in [4.69, 9.17) is 5.73 Å². The van der Waals surface area contributed by atoms with Crippen LogP contribution in [0.25, 0.3) is 33.2 Å². The van der Waals surface area contributed by atoms with Crippen molar-refractivity contribution in [2.75, 3.05) is 19.4 Å². The molecular weight excluding hydrogens is 334 g/mol. The summed E-state index contributed by atoms with van der Waals surface area (Å²) in [6, 6.07) is 7.50. The summed E-state index contributed by atoms with van der Waals surface area (Å²) < 4.78 is 1.61. The number of H-pyrrole nitrogens is 1. The molecule has 132 valence electrons. The molecule has 0 bridgehead atoms. The molecule has 0 atom stereocenters. The Hall–Kier alpha value is -3.46. The number of aliphatic hydroxyl groups is 1. The average molecular weight is 351 g/mol. The molecule has 1 amide bonds. The first kappa shape index (κ1) is 16.0. The van der Waals surface area contributed by atoms with E-state index in [1.54, 1.807) is 17.8 Å². The van der Waals surface area contributed by atoms with Crippen LogP contribution in [0, 0.1) is 0 Å². The minimum absolute atomic E-state index is 0.0642. The predicted molar refractivity (Wildman–Crippen MR) is 97.5 cm³/mol. The normalized spacial score (nSPS) is 11.3. The van der Waals surface area contributed by atoms with Crippen LogP contribution in [0.3, 0.4) is 0 Å². The van der Waals surface area contributed by atoms with Gasteiger partial charge in [-0.15, -0.1) is 0 Å². The third-order valence-electron chi connectivity index (χ3n) is 4.24. The summed E-state index contributed by atoms with van der Waals surface area (Å²) in [7, 11) is 1.59. The third kappa shape index (κ3) is 2.45. The number of hydrogen-bond acceptors (Lipinski definition) is 6. The number of nitrogens with one attached hydrogen (secondary N) is 2. The van der Waals surface area contributed by atoms with Gasteiger partial charge in [-0.2, -0.15) is 5.10 Å². The summed E-state index contributed by atoms with van der Waals surface area (Å²) in [4.78, 5) is 23.2. The molecule has 4 aromatic rings. The summed E-state index contributed by atoms with van der Waals surface area (Å²) in [5, 5.41) is 18.0. The molecule has 26 heavy (non-hydrogen) atoms. The van der Waals surface area contributed by atoms with Gasteiger partial charge in [0.25, 0.3) is 5.91 Å². The number of nitrogens with two attached hydrogens (primary N) is 1. The van der Waals surface area contributed by atoms with Gasteiger partial charge in [0.2, 0.25) is 0 Å². The van der Waals surface area contributed by atoms with E-state index in [2.05, 4.69) is 25.4 Å². The molecule has 0 saturated carbocycles. The molecular formula is C17H17N7O2. The zero-order chi connectivity index (χ0) is 18.3. The molecule has 1 aromatic carbocycles. The van der Waals surface area contributed by atoms with E-state index < -0.39 is 0 Å². The number of rotatable bonds is 4. The number of hydrogen-bond donors (Lipinski definition) is 4. The van der Waals surface area contributed by atoms with Gasteiger partial charge in [-0.1, -0.05) is 12.1 Å². The maximum Gasteiger partial charge on any atom is 0.267 e. The molecule has 0 saturated heterocycles. The number of benzene rings is 1. The third-order valence-corrected chi connectivity index (χ3v) is 4.24. The fourth-order valence-electron chi connectivity index (χ4n) is 3.01. The quantitative estimate of drug-likeness (QED) is 0.432. The van der Waals surface area contributed by atoms with Gasteiger partial charge < -0.3 is 21.1 Å². The van der Waals surface area contributed by atoms with Gasteiger partial charge in [0, 0.05) is 23.5 Å². The van der Waals surface area contributed by atoms with Gasteiger partial charge in [-0.3, -0.25) is 4.79 Å². The molecule has 0 fully saturated rings. The molecule has 0 spiro atoms. The topological polar surface area (TPSA) is 135 Å². The van der Waals surface area contributed by atoms with Gasteiger partial charge in [0.05, 0.1) is 18.5 Å². The largest absolute Gasteiger partial charge is 0.394 e. The van der Waals surface area contributed by atoms with Crippen molar-refractivity contribution in [2.24, 2.45) is 0 Å². The van der Waals surface area contributed by atoms with Crippen molar-refractivity contribution < 1.29 is 9.90 Å². The van der Waals surface area contributed by atoms with Gasteiger partial charge in [-0.05, 0) is 12.1 Å².